The Bertz CT molecular complexity index is 1940. The molecule has 19 nitrogen and oxygen atoms in total. The van der Waals surface area contributed by atoms with Gasteiger partial charge in [0, 0.05) is 25.8 Å². The molecule has 4 heterocycles. The quantitative estimate of drug-likeness (QED) is 0.0433. The van der Waals surface area contributed by atoms with Crippen molar-refractivity contribution in [2.45, 2.75) is 35.1 Å². The van der Waals surface area contributed by atoms with E-state index in [0.29, 0.717) is 5.01 Å². The Hall–Kier alpha value is -4.86. The molecule has 1 aliphatic carbocycles. The largest absolute Gasteiger partial charge is 0.504 e. The van der Waals surface area contributed by atoms with Crippen LogP contribution in [-0.4, -0.2) is 123 Å². The molecule has 0 bridgehead atoms. The molecule has 4 aliphatic rings. The number of benzene rings is 1. The number of oxime groups is 1. The van der Waals surface area contributed by atoms with Gasteiger partial charge in [-0.25, -0.2) is 24.4 Å². The number of halogens is 2. The van der Waals surface area contributed by atoms with Crippen LogP contribution in [0.4, 0.5) is 9.93 Å². The monoisotopic (exact) mass is 771 g/mol. The summed E-state index contributed by atoms with van der Waals surface area (Å²) in [5.41, 5.74) is 5.03. The number of hydrogen-bond donors (Lipinski definition) is 6. The number of thioether (sulfide) groups is 1. The maximum absolute atomic E-state index is 13.5. The Labute approximate surface area is 297 Å². The number of thiazole rings is 1. The molecule has 3 saturated heterocycles. The number of hydrazine groups is 1. The maximum Gasteiger partial charge on any atom is 0.350 e. The third-order valence-electron chi connectivity index (χ3n) is 8.42. The number of aromatic hydroxyl groups is 2. The van der Waals surface area contributed by atoms with Gasteiger partial charge in [-0.3, -0.25) is 29.5 Å². The van der Waals surface area contributed by atoms with Gasteiger partial charge in [-0.1, -0.05) is 51.5 Å². The molecule has 0 spiro atoms. The van der Waals surface area contributed by atoms with Crippen molar-refractivity contribution in [3.63, 3.8) is 0 Å². The van der Waals surface area contributed by atoms with E-state index < -0.39 is 104 Å². The first-order valence-corrected chi connectivity index (χ1v) is 16.8. The Morgan fingerprint density at radius 2 is 1.80 bits per heavy atom. The predicted molar refractivity (Wildman–Crippen MR) is 171 cm³/mol. The van der Waals surface area contributed by atoms with Crippen LogP contribution >= 0.6 is 46.3 Å². The summed E-state index contributed by atoms with van der Waals surface area (Å²) >= 11 is 13.6. The number of carbonyl (C=O) groups is 7. The van der Waals surface area contributed by atoms with Gasteiger partial charge in [0.05, 0.1) is 35.0 Å². The highest BCUT2D eigenvalue weighted by Crippen LogP contribution is 2.53. The van der Waals surface area contributed by atoms with E-state index in [-0.39, 0.29) is 41.1 Å². The molecule has 0 radical (unpaired) electrons. The lowest BCUT2D eigenvalue weighted by Crippen LogP contribution is -2.60. The Balaban J connectivity index is 1.17. The summed E-state index contributed by atoms with van der Waals surface area (Å²) in [6, 6.07) is 0.896. The number of ketones is 2. The number of nitrogens with two attached hydrogens (primary N) is 1. The Morgan fingerprint density at radius 3 is 2.40 bits per heavy atom. The van der Waals surface area contributed by atoms with Crippen LogP contribution < -0.4 is 11.2 Å². The van der Waals surface area contributed by atoms with Gasteiger partial charge in [-0.2, -0.15) is 0 Å². The normalized spacial score (nSPS) is 23.7. The lowest BCUT2D eigenvalue weighted by molar-refractivity contribution is -0.154. The molecule has 4 fully saturated rings. The van der Waals surface area contributed by atoms with Crippen LogP contribution in [0.5, 0.6) is 11.5 Å². The summed E-state index contributed by atoms with van der Waals surface area (Å²) in [5, 5.41) is 42.1. The highest BCUT2D eigenvalue weighted by Gasteiger charge is 2.66. The third kappa shape index (κ3) is 5.68. The van der Waals surface area contributed by atoms with Crippen molar-refractivity contribution in [2.75, 3.05) is 25.4 Å². The van der Waals surface area contributed by atoms with Gasteiger partial charge in [0.15, 0.2) is 28.1 Å². The molecule has 6 rings (SSSR count). The molecule has 1 aromatic heterocycles. The van der Waals surface area contributed by atoms with Crippen molar-refractivity contribution >= 4 is 98.5 Å². The van der Waals surface area contributed by atoms with Gasteiger partial charge in [-0.15, -0.1) is 0 Å². The topological polar surface area (TPSA) is 283 Å². The molecule has 23 heteroatoms. The van der Waals surface area contributed by atoms with E-state index >= 15 is 0 Å². The molecule has 1 saturated carbocycles. The number of nitrogens with zero attached hydrogens (tertiary/aromatic N) is 5. The van der Waals surface area contributed by atoms with Crippen LogP contribution in [0.3, 0.4) is 0 Å². The number of aromatic nitrogens is 1. The van der Waals surface area contributed by atoms with Crippen molar-refractivity contribution < 1.29 is 58.8 Å². The number of amides is 4. The number of urea groups is 1. The van der Waals surface area contributed by atoms with Crippen LogP contribution in [0.15, 0.2) is 17.3 Å². The molecule has 3 aliphatic heterocycles. The van der Waals surface area contributed by atoms with Crippen LogP contribution in [0, 0.1) is 5.92 Å². The summed E-state index contributed by atoms with van der Waals surface area (Å²) in [6.45, 7) is -0.998. The fraction of sp³-hybridized carbons (Fsp3) is 0.370. The summed E-state index contributed by atoms with van der Waals surface area (Å²) in [4.78, 5) is 99.2. The maximum atomic E-state index is 13.5. The number of fused-ring (bicyclic) bond motifs is 1. The number of hydrogen-bond acceptors (Lipinski definition) is 15. The first kappa shape index (κ1) is 35.0. The van der Waals surface area contributed by atoms with Crippen molar-refractivity contribution in [3.05, 3.63) is 32.7 Å². The van der Waals surface area contributed by atoms with Gasteiger partial charge >= 0.3 is 23.9 Å². The van der Waals surface area contributed by atoms with Crippen LogP contribution in [0.25, 0.3) is 0 Å². The molecular weight excluding hydrogens is 749 g/mol. The minimum absolute atomic E-state index is 0.0262. The Morgan fingerprint density at radius 1 is 1.10 bits per heavy atom. The number of nitrogen functional groups attached to an aromatic ring is 1. The highest BCUT2D eigenvalue weighted by molar-refractivity contribution is 8.02. The highest BCUT2D eigenvalue weighted by atomic mass is 35.5. The van der Waals surface area contributed by atoms with Crippen LogP contribution in [0.1, 0.15) is 35.3 Å². The molecule has 0 unspecified atom stereocenters. The number of anilines is 1. The zero-order valence-electron chi connectivity index (χ0n) is 25.0. The van der Waals surface area contributed by atoms with Gasteiger partial charge in [0.2, 0.25) is 16.4 Å². The second-order valence-corrected chi connectivity index (χ2v) is 14.9. The molecule has 264 valence electrons. The molecule has 3 atom stereocenters. The Kier molecular flexibility index (Phi) is 8.73. The van der Waals surface area contributed by atoms with Gasteiger partial charge < -0.3 is 35.9 Å². The number of carboxylic acid groups (broad SMARTS) is 2. The van der Waals surface area contributed by atoms with E-state index in [1.807, 2.05) is 0 Å². The van der Waals surface area contributed by atoms with Gasteiger partial charge in [-0.05, 0) is 12.1 Å². The molecule has 1 aromatic carbocycles. The number of carbonyl (C=O) groups excluding carboxylic acids is 5. The van der Waals surface area contributed by atoms with E-state index in [4.69, 9.17) is 33.8 Å². The zero-order valence-corrected chi connectivity index (χ0v) is 28.1. The summed E-state index contributed by atoms with van der Waals surface area (Å²) in [6.07, 6.45) is -0.265. The fourth-order valence-electron chi connectivity index (χ4n) is 5.53. The average Bonchev–Trinajstić information content (AvgIpc) is 3.51. The third-order valence-corrected chi connectivity index (χ3v) is 11.6. The van der Waals surface area contributed by atoms with Crippen molar-refractivity contribution in [2.24, 2.45) is 11.1 Å². The fourth-order valence-corrected chi connectivity index (χ4v) is 8.39. The molecular formula is C27H23Cl2N7O12S2. The summed E-state index contributed by atoms with van der Waals surface area (Å²) in [7, 11) is 0. The number of aliphatic carboxylic acids is 2. The summed E-state index contributed by atoms with van der Waals surface area (Å²) in [5.74, 6) is -9.42. The second-order valence-electron chi connectivity index (χ2n) is 11.5. The minimum Gasteiger partial charge on any atom is -0.504 e. The smallest absolute Gasteiger partial charge is 0.350 e. The van der Waals surface area contributed by atoms with Crippen molar-refractivity contribution in [1.29, 1.82) is 0 Å². The van der Waals surface area contributed by atoms with E-state index in [1.54, 1.807) is 0 Å². The van der Waals surface area contributed by atoms with Crippen LogP contribution in [-0.2, 0) is 28.8 Å². The second kappa shape index (κ2) is 12.5. The first-order valence-electron chi connectivity index (χ1n) is 14.3. The van der Waals surface area contributed by atoms with Crippen molar-refractivity contribution in [1.82, 2.24) is 25.2 Å². The predicted octanol–water partition coefficient (Wildman–Crippen LogP) is 0.704. The lowest BCUT2D eigenvalue weighted by atomic mass is 9.90. The first-order chi connectivity index (χ1) is 23.5. The molecule has 50 heavy (non-hydrogen) atoms. The van der Waals surface area contributed by atoms with Crippen molar-refractivity contribution in [3.8, 4) is 11.5 Å². The average molecular weight is 773 g/mol. The molecule has 2 aromatic rings. The van der Waals surface area contributed by atoms with Crippen LogP contribution in [0.2, 0.25) is 9.36 Å². The number of phenolic OH excluding ortho intramolecular Hbond substituents is 2. The lowest BCUT2D eigenvalue weighted by Gasteiger charge is -2.40. The summed E-state index contributed by atoms with van der Waals surface area (Å²) < 4.78 is -0.0460. The number of carboxylic acids is 2. The van der Waals surface area contributed by atoms with E-state index in [2.05, 4.69) is 15.6 Å². The van der Waals surface area contributed by atoms with Gasteiger partial charge in [0.1, 0.15) is 10.0 Å². The number of Topliss-reactive ketones (excluding diaryl/α,β-unsaturated/α-hetero) is 2. The zero-order chi connectivity index (χ0) is 36.4. The number of β-lactam (4-membered cyclic amide) rings is 1. The molecule has 4 amide bonds. The SMILES string of the molecule is Nc1nc(/C(=N/OC2(C(=O)O)CC2)C(=O)C[C@@H]2C(=O)N3C[C@@](C(=O)O)(N4CCN(NC(=O)C(=O)c5ccc(O)c(O)c5Cl)C4=O)S[C@H]23)c(Cl)s1. The van der Waals surface area contributed by atoms with E-state index in [0.717, 1.165) is 40.1 Å². The van der Waals surface area contributed by atoms with Gasteiger partial charge in [0.25, 0.3) is 5.78 Å². The standard InChI is InChI=1S/C27H23Cl2N7O12S2/c28-13-9(1-2-11(37)17(13)40)16(39)19(41)32-36-6-5-35(25(36)47)27(23(45)46)8-34-20(42)10(21(34)50-27)7-12(38)14(15-18(29)49-24(30)31-15)33-48-26(3-4-26)22(43)44/h1-2,10,21,37,40H,3-8H2,(H2,30,31)(H,32,41)(H,43,44)(H,45,46)/b33-14+/t10-,21-,27-/m1/s1. The van der Waals surface area contributed by atoms with E-state index in [1.165, 1.54) is 4.90 Å². The molecule has 7 N–H and O–H groups in total. The minimum atomic E-state index is -2.06. The van der Waals surface area contributed by atoms with E-state index in [9.17, 15) is 54.0 Å². The number of phenols is 2. The number of rotatable bonds is 12. The number of nitrogens with one attached hydrogen (secondary N) is 1.